The number of carbonyl (C=O) groups is 3. The van der Waals surface area contributed by atoms with Gasteiger partial charge in [-0.15, -0.1) is 0 Å². The maximum atomic E-state index is 11.1. The lowest BCUT2D eigenvalue weighted by Gasteiger charge is -2.19. The molecule has 0 bridgehead atoms. The third-order valence-corrected chi connectivity index (χ3v) is 3.79. The van der Waals surface area contributed by atoms with Crippen molar-refractivity contribution >= 4 is 75.3 Å². The molecule has 0 aliphatic rings. The van der Waals surface area contributed by atoms with Gasteiger partial charge in [0.1, 0.15) is 0 Å². The highest BCUT2D eigenvalue weighted by molar-refractivity contribution is 14.1. The molecule has 6 nitrogen and oxygen atoms in total. The summed E-state index contributed by atoms with van der Waals surface area (Å²) in [6.07, 6.45) is 1.24. The maximum Gasteiger partial charge on any atom is 0.335 e. The van der Waals surface area contributed by atoms with Crippen LogP contribution in [0.25, 0.3) is 0 Å². The zero-order valence-electron chi connectivity index (χ0n) is 9.62. The number of hydrogen-bond donors (Lipinski definition) is 1. The molecule has 0 unspecified atom stereocenters. The molecule has 1 N–H and O–H groups in total. The average molecular weight is 488 g/mol. The largest absolute Gasteiger partial charge is 0.478 e. The molecule has 19 heavy (non-hydrogen) atoms. The summed E-state index contributed by atoms with van der Waals surface area (Å²) >= 11 is 3.98. The summed E-state index contributed by atoms with van der Waals surface area (Å²) in [6.45, 7) is 0. The first kappa shape index (κ1) is 16.1. The summed E-state index contributed by atoms with van der Waals surface area (Å²) in [5, 5.41) is 9.07. The van der Waals surface area contributed by atoms with E-state index in [0.29, 0.717) is 33.3 Å². The lowest BCUT2D eigenvalue weighted by molar-refractivity contribution is -0.107. The Hall–Kier alpha value is -0.910. The number of carboxylic acid groups (broad SMARTS) is 1. The smallest absolute Gasteiger partial charge is 0.335 e. The SMILES string of the molecule is O=CN(CI)c1cc(C(=O)O)cc(N(C=O)CI)c1. The number of alkyl halides is 2. The number of hydrogen-bond acceptors (Lipinski definition) is 3. The van der Waals surface area contributed by atoms with Gasteiger partial charge in [-0.1, -0.05) is 45.2 Å². The van der Waals surface area contributed by atoms with E-state index in [-0.39, 0.29) is 5.56 Å². The van der Waals surface area contributed by atoms with Gasteiger partial charge in [0.15, 0.2) is 0 Å². The van der Waals surface area contributed by atoms with E-state index in [1.165, 1.54) is 21.9 Å². The lowest BCUT2D eigenvalue weighted by atomic mass is 10.1. The molecule has 1 aromatic carbocycles. The minimum atomic E-state index is -1.11. The first-order chi connectivity index (χ1) is 9.07. The molecule has 0 saturated heterocycles. The molecule has 0 spiro atoms. The van der Waals surface area contributed by atoms with Crippen molar-refractivity contribution in [3.05, 3.63) is 23.8 Å². The first-order valence-electron chi connectivity index (χ1n) is 5.01. The fraction of sp³-hybridized carbons (Fsp3) is 0.182. The van der Waals surface area contributed by atoms with Gasteiger partial charge in [0, 0.05) is 11.4 Å². The minimum absolute atomic E-state index is 0.0286. The Morgan fingerprint density at radius 1 is 1.05 bits per heavy atom. The molecular weight excluding hydrogens is 478 g/mol. The first-order valence-corrected chi connectivity index (χ1v) is 8.06. The Morgan fingerprint density at radius 2 is 1.47 bits per heavy atom. The summed E-state index contributed by atoms with van der Waals surface area (Å²) in [4.78, 5) is 35.6. The normalized spacial score (nSPS) is 9.79. The van der Waals surface area contributed by atoms with Crippen LogP contribution in [0.3, 0.4) is 0 Å². The second-order valence-electron chi connectivity index (χ2n) is 3.43. The average Bonchev–Trinajstić information content (AvgIpc) is 2.41. The molecule has 0 fully saturated rings. The van der Waals surface area contributed by atoms with Crippen LogP contribution in [-0.2, 0) is 9.59 Å². The van der Waals surface area contributed by atoms with Crippen molar-refractivity contribution in [3.63, 3.8) is 0 Å². The van der Waals surface area contributed by atoms with Gasteiger partial charge in [-0.05, 0) is 18.2 Å². The lowest BCUT2D eigenvalue weighted by Crippen LogP contribution is -2.22. The van der Waals surface area contributed by atoms with E-state index >= 15 is 0 Å². The summed E-state index contributed by atoms with van der Waals surface area (Å²) in [5.41, 5.74) is 0.910. The van der Waals surface area contributed by atoms with Crippen molar-refractivity contribution in [3.8, 4) is 0 Å². The highest BCUT2D eigenvalue weighted by Gasteiger charge is 2.14. The number of carbonyl (C=O) groups excluding carboxylic acids is 2. The predicted octanol–water partition coefficient (Wildman–Crippen LogP) is 2.10. The van der Waals surface area contributed by atoms with E-state index < -0.39 is 5.97 Å². The standard InChI is InChI=1S/C11H10I2N2O4/c12-4-14(6-16)9-1-8(11(18)19)2-10(3-9)15(5-13)7-17/h1-3,6-7H,4-5H2,(H,18,19). The molecule has 2 amide bonds. The van der Waals surface area contributed by atoms with Crippen LogP contribution in [0.5, 0.6) is 0 Å². The molecule has 1 aromatic rings. The molecule has 102 valence electrons. The number of nitrogens with zero attached hydrogens (tertiary/aromatic N) is 2. The summed E-state index contributed by atoms with van der Waals surface area (Å²) in [5.74, 6) is -1.11. The number of rotatable bonds is 7. The minimum Gasteiger partial charge on any atom is -0.478 e. The number of benzene rings is 1. The van der Waals surface area contributed by atoms with E-state index in [9.17, 15) is 14.4 Å². The van der Waals surface area contributed by atoms with Crippen LogP contribution in [0.4, 0.5) is 11.4 Å². The van der Waals surface area contributed by atoms with Crippen LogP contribution in [0.1, 0.15) is 10.4 Å². The maximum absolute atomic E-state index is 11.1. The van der Waals surface area contributed by atoms with Gasteiger partial charge < -0.3 is 14.9 Å². The fourth-order valence-corrected chi connectivity index (χ4v) is 2.48. The van der Waals surface area contributed by atoms with E-state index in [0.717, 1.165) is 0 Å². The van der Waals surface area contributed by atoms with E-state index in [2.05, 4.69) is 0 Å². The monoisotopic (exact) mass is 488 g/mol. The predicted molar refractivity (Wildman–Crippen MR) is 88.3 cm³/mol. The van der Waals surface area contributed by atoms with Crippen LogP contribution in [-0.4, -0.2) is 33.0 Å². The van der Waals surface area contributed by atoms with Crippen molar-refractivity contribution in [2.45, 2.75) is 0 Å². The van der Waals surface area contributed by atoms with Gasteiger partial charge in [0.25, 0.3) is 0 Å². The molecule has 0 aliphatic carbocycles. The summed E-state index contributed by atoms with van der Waals surface area (Å²) < 4.78 is 0.768. The van der Waals surface area contributed by atoms with Crippen molar-refractivity contribution in [2.24, 2.45) is 0 Å². The Labute approximate surface area is 137 Å². The second-order valence-corrected chi connectivity index (χ2v) is 4.80. The molecule has 0 atom stereocenters. The van der Waals surface area contributed by atoms with Gasteiger partial charge in [0.2, 0.25) is 12.8 Å². The molecule has 0 aromatic heterocycles. The van der Waals surface area contributed by atoms with Gasteiger partial charge in [0.05, 0.1) is 14.7 Å². The summed E-state index contributed by atoms with van der Waals surface area (Å²) in [6, 6.07) is 4.40. The second kappa shape index (κ2) is 7.62. The fourth-order valence-electron chi connectivity index (χ4n) is 1.37. The number of anilines is 2. The molecular formula is C11H10I2N2O4. The Morgan fingerprint density at radius 3 is 1.74 bits per heavy atom. The Kier molecular flexibility index (Phi) is 6.48. The van der Waals surface area contributed by atoms with Crippen LogP contribution in [0.15, 0.2) is 18.2 Å². The molecule has 0 heterocycles. The summed E-state index contributed by atoms with van der Waals surface area (Å²) in [7, 11) is 0. The van der Waals surface area contributed by atoms with E-state index in [1.54, 1.807) is 6.07 Å². The third-order valence-electron chi connectivity index (χ3n) is 2.32. The van der Waals surface area contributed by atoms with Crippen LogP contribution >= 0.6 is 45.2 Å². The molecule has 0 saturated carbocycles. The quantitative estimate of drug-likeness (QED) is 0.276. The zero-order chi connectivity index (χ0) is 14.4. The van der Waals surface area contributed by atoms with Crippen molar-refractivity contribution in [1.82, 2.24) is 0 Å². The Balaban J connectivity index is 3.36. The van der Waals surface area contributed by atoms with Crippen LogP contribution in [0, 0.1) is 0 Å². The van der Waals surface area contributed by atoms with Gasteiger partial charge in [-0.3, -0.25) is 9.59 Å². The molecule has 0 aliphatic heterocycles. The topological polar surface area (TPSA) is 77.9 Å². The van der Waals surface area contributed by atoms with Crippen LogP contribution in [0.2, 0.25) is 0 Å². The molecule has 1 rings (SSSR count). The van der Waals surface area contributed by atoms with Crippen molar-refractivity contribution in [2.75, 3.05) is 18.9 Å². The Bertz CT molecular complexity index is 461. The number of carboxylic acids is 1. The molecule has 0 radical (unpaired) electrons. The van der Waals surface area contributed by atoms with Gasteiger partial charge in [-0.25, -0.2) is 4.79 Å². The van der Waals surface area contributed by atoms with E-state index in [1.807, 2.05) is 45.2 Å². The number of amides is 2. The highest BCUT2D eigenvalue weighted by atomic mass is 127. The van der Waals surface area contributed by atoms with Crippen LogP contribution < -0.4 is 9.80 Å². The third kappa shape index (κ3) is 4.03. The number of aromatic carboxylic acids is 1. The van der Waals surface area contributed by atoms with Gasteiger partial charge in [-0.2, -0.15) is 0 Å². The molecule has 8 heteroatoms. The highest BCUT2D eigenvalue weighted by Crippen LogP contribution is 2.25. The number of halogens is 2. The van der Waals surface area contributed by atoms with Crippen molar-refractivity contribution < 1.29 is 19.5 Å². The van der Waals surface area contributed by atoms with E-state index in [4.69, 9.17) is 5.11 Å². The van der Waals surface area contributed by atoms with Crippen molar-refractivity contribution in [1.29, 1.82) is 0 Å². The zero-order valence-corrected chi connectivity index (χ0v) is 13.9. The van der Waals surface area contributed by atoms with Gasteiger partial charge >= 0.3 is 5.97 Å².